The fourth-order valence-electron chi connectivity index (χ4n) is 2.35. The number of amides is 1. The van der Waals surface area contributed by atoms with Gasteiger partial charge in [0, 0.05) is 33.2 Å². The van der Waals surface area contributed by atoms with E-state index >= 15 is 0 Å². The Hall–Kier alpha value is -1.17. The summed E-state index contributed by atoms with van der Waals surface area (Å²) >= 11 is 6.02. The topological polar surface area (TPSA) is 51.7 Å². The van der Waals surface area contributed by atoms with Gasteiger partial charge in [0.1, 0.15) is 0 Å². The van der Waals surface area contributed by atoms with Crippen molar-refractivity contribution in [1.29, 1.82) is 0 Å². The lowest BCUT2D eigenvalue weighted by atomic mass is 10.2. The highest BCUT2D eigenvalue weighted by Crippen LogP contribution is 2.25. The molecule has 0 aromatic carbocycles. The fraction of sp³-hybridized carbons (Fsp3) is 0.538. The second-order valence-corrected chi connectivity index (χ2v) is 4.92. The van der Waals surface area contributed by atoms with Crippen molar-refractivity contribution in [3.63, 3.8) is 0 Å². The summed E-state index contributed by atoms with van der Waals surface area (Å²) in [7, 11) is 3.28. The molecule has 1 aliphatic heterocycles. The molecule has 2 rings (SSSR count). The van der Waals surface area contributed by atoms with Gasteiger partial charge in [0.2, 0.25) is 0 Å². The highest BCUT2D eigenvalue weighted by molar-refractivity contribution is 6.33. The normalized spacial score (nSPS) is 22.8. The van der Waals surface area contributed by atoms with Crippen molar-refractivity contribution in [3.8, 4) is 0 Å². The largest absolute Gasteiger partial charge is 0.383 e. The first-order chi connectivity index (χ1) is 9.17. The van der Waals surface area contributed by atoms with E-state index in [1.807, 2.05) is 0 Å². The van der Waals surface area contributed by atoms with Gasteiger partial charge in [-0.2, -0.15) is 0 Å². The van der Waals surface area contributed by atoms with E-state index in [1.54, 1.807) is 31.4 Å². The molecule has 104 valence electrons. The maximum Gasteiger partial charge on any atom is 0.255 e. The van der Waals surface area contributed by atoms with Gasteiger partial charge in [-0.1, -0.05) is 11.6 Å². The number of carbonyl (C=O) groups is 1. The van der Waals surface area contributed by atoms with Crippen LogP contribution in [0.25, 0.3) is 0 Å². The second kappa shape index (κ2) is 6.32. The number of pyridine rings is 1. The van der Waals surface area contributed by atoms with Crippen molar-refractivity contribution < 1.29 is 14.3 Å². The van der Waals surface area contributed by atoms with Crippen LogP contribution >= 0.6 is 11.6 Å². The molecule has 1 saturated heterocycles. The van der Waals surface area contributed by atoms with Crippen molar-refractivity contribution >= 4 is 17.5 Å². The number of methoxy groups -OCH3 is 2. The van der Waals surface area contributed by atoms with E-state index in [2.05, 4.69) is 4.98 Å². The van der Waals surface area contributed by atoms with Crippen LogP contribution in [0.5, 0.6) is 0 Å². The zero-order chi connectivity index (χ0) is 13.8. The van der Waals surface area contributed by atoms with Crippen molar-refractivity contribution in [2.75, 3.05) is 27.4 Å². The fourth-order valence-corrected chi connectivity index (χ4v) is 2.55. The molecule has 5 nitrogen and oxygen atoms in total. The van der Waals surface area contributed by atoms with Crippen molar-refractivity contribution in [2.24, 2.45) is 0 Å². The Kier molecular flexibility index (Phi) is 4.74. The smallest absolute Gasteiger partial charge is 0.255 e. The molecule has 6 heteroatoms. The van der Waals surface area contributed by atoms with E-state index < -0.39 is 0 Å². The van der Waals surface area contributed by atoms with Crippen molar-refractivity contribution in [2.45, 2.75) is 18.6 Å². The van der Waals surface area contributed by atoms with Gasteiger partial charge >= 0.3 is 0 Å². The Balaban J connectivity index is 2.19. The molecule has 0 N–H and O–H groups in total. The highest BCUT2D eigenvalue weighted by Gasteiger charge is 2.36. The third kappa shape index (κ3) is 3.05. The predicted molar refractivity (Wildman–Crippen MR) is 71.4 cm³/mol. The lowest BCUT2D eigenvalue weighted by Crippen LogP contribution is -2.38. The van der Waals surface area contributed by atoms with Gasteiger partial charge in [-0.3, -0.25) is 9.78 Å². The molecular formula is C13H17ClN2O3. The first-order valence-corrected chi connectivity index (χ1v) is 6.47. The van der Waals surface area contributed by atoms with Crippen LogP contribution < -0.4 is 0 Å². The van der Waals surface area contributed by atoms with Gasteiger partial charge in [-0.05, 0) is 12.5 Å². The third-order valence-corrected chi connectivity index (χ3v) is 3.63. The summed E-state index contributed by atoms with van der Waals surface area (Å²) in [5, 5.41) is 0.365. The van der Waals surface area contributed by atoms with E-state index in [0.29, 0.717) is 23.7 Å². The van der Waals surface area contributed by atoms with Gasteiger partial charge in [-0.25, -0.2) is 0 Å². The van der Waals surface area contributed by atoms with Gasteiger partial charge in [0.05, 0.1) is 29.3 Å². The molecule has 0 saturated carbocycles. The number of hydrogen-bond donors (Lipinski definition) is 0. The van der Waals surface area contributed by atoms with Crippen LogP contribution in [0, 0.1) is 0 Å². The van der Waals surface area contributed by atoms with Crippen LogP contribution in [0.4, 0.5) is 0 Å². The minimum Gasteiger partial charge on any atom is -0.383 e. The molecule has 1 fully saturated rings. The molecule has 2 atom stereocenters. The lowest BCUT2D eigenvalue weighted by molar-refractivity contribution is 0.0612. The zero-order valence-corrected chi connectivity index (χ0v) is 11.8. The number of carbonyl (C=O) groups excluding carboxylic acids is 1. The maximum absolute atomic E-state index is 12.5. The quantitative estimate of drug-likeness (QED) is 0.843. The number of likely N-dealkylation sites (tertiary alicyclic amines) is 1. The average Bonchev–Trinajstić information content (AvgIpc) is 2.82. The predicted octanol–water partition coefficient (Wildman–Crippen LogP) is 1.61. The number of hydrogen-bond acceptors (Lipinski definition) is 4. The van der Waals surface area contributed by atoms with Crippen LogP contribution in [0.15, 0.2) is 18.5 Å². The Bertz CT molecular complexity index is 455. The molecule has 0 radical (unpaired) electrons. The molecule has 1 amide bonds. The molecular weight excluding hydrogens is 268 g/mol. The number of nitrogens with zero attached hydrogens (tertiary/aromatic N) is 2. The summed E-state index contributed by atoms with van der Waals surface area (Å²) < 4.78 is 10.5. The molecule has 1 aromatic heterocycles. The van der Waals surface area contributed by atoms with Gasteiger partial charge in [-0.15, -0.1) is 0 Å². The molecule has 1 aliphatic rings. The van der Waals surface area contributed by atoms with Crippen LogP contribution in [0.1, 0.15) is 16.8 Å². The van der Waals surface area contributed by atoms with Gasteiger partial charge in [0.15, 0.2) is 0 Å². The standard InChI is InChI=1S/C13H17ClN2O3/c1-18-8-9-5-10(19-2)7-16(9)13(17)11-3-4-15-6-12(11)14/h3-4,6,9-10H,5,7-8H2,1-2H3/t9-,10-/m0/s1. The van der Waals surface area contributed by atoms with Crippen LogP contribution in [0.3, 0.4) is 0 Å². The first kappa shape index (κ1) is 14.2. The average molecular weight is 285 g/mol. The molecule has 0 bridgehead atoms. The molecule has 0 spiro atoms. The van der Waals surface area contributed by atoms with Gasteiger partial charge in [0.25, 0.3) is 5.91 Å². The highest BCUT2D eigenvalue weighted by atomic mass is 35.5. The number of halogens is 1. The van der Waals surface area contributed by atoms with Crippen LogP contribution in [-0.4, -0.2) is 55.3 Å². The monoisotopic (exact) mass is 284 g/mol. The second-order valence-electron chi connectivity index (χ2n) is 4.52. The van der Waals surface area contributed by atoms with Crippen molar-refractivity contribution in [1.82, 2.24) is 9.88 Å². The Morgan fingerprint density at radius 1 is 1.58 bits per heavy atom. The molecule has 1 aromatic rings. The van der Waals surface area contributed by atoms with Crippen LogP contribution in [-0.2, 0) is 9.47 Å². The SMILES string of the molecule is COC[C@@H]1C[C@H](OC)CN1C(=O)c1ccncc1Cl. The Morgan fingerprint density at radius 2 is 2.37 bits per heavy atom. The number of rotatable bonds is 4. The summed E-state index contributed by atoms with van der Waals surface area (Å²) in [5.41, 5.74) is 0.467. The Labute approximate surface area is 117 Å². The Morgan fingerprint density at radius 3 is 3.00 bits per heavy atom. The van der Waals surface area contributed by atoms with E-state index in [1.165, 1.54) is 6.20 Å². The summed E-state index contributed by atoms with van der Waals surface area (Å²) in [6, 6.07) is 1.65. The first-order valence-electron chi connectivity index (χ1n) is 6.09. The maximum atomic E-state index is 12.5. The summed E-state index contributed by atoms with van der Waals surface area (Å²) in [6.07, 6.45) is 3.86. The minimum atomic E-state index is -0.103. The molecule has 0 aliphatic carbocycles. The summed E-state index contributed by atoms with van der Waals surface area (Å²) in [5.74, 6) is -0.103. The minimum absolute atomic E-state index is 0.0201. The summed E-state index contributed by atoms with van der Waals surface area (Å²) in [4.78, 5) is 18.2. The lowest BCUT2D eigenvalue weighted by Gasteiger charge is -2.24. The van der Waals surface area contributed by atoms with Crippen LogP contribution in [0.2, 0.25) is 5.02 Å². The molecule has 19 heavy (non-hydrogen) atoms. The van der Waals surface area contributed by atoms with Crippen molar-refractivity contribution in [3.05, 3.63) is 29.0 Å². The molecule has 2 heterocycles. The zero-order valence-electron chi connectivity index (χ0n) is 11.0. The van der Waals surface area contributed by atoms with E-state index in [4.69, 9.17) is 21.1 Å². The number of aromatic nitrogens is 1. The van der Waals surface area contributed by atoms with E-state index in [-0.39, 0.29) is 18.1 Å². The van der Waals surface area contributed by atoms with E-state index in [9.17, 15) is 4.79 Å². The molecule has 0 unspecified atom stereocenters. The van der Waals surface area contributed by atoms with E-state index in [0.717, 1.165) is 6.42 Å². The van der Waals surface area contributed by atoms with Gasteiger partial charge < -0.3 is 14.4 Å². The number of ether oxygens (including phenoxy) is 2. The summed E-state index contributed by atoms with van der Waals surface area (Å²) in [6.45, 7) is 1.05. The third-order valence-electron chi connectivity index (χ3n) is 3.33.